The quantitative estimate of drug-likeness (QED) is 0.551. The van der Waals surface area contributed by atoms with E-state index in [9.17, 15) is 0 Å². The second-order valence-electron chi connectivity index (χ2n) is 4.27. The van der Waals surface area contributed by atoms with Gasteiger partial charge < -0.3 is 4.90 Å². The molecular weight excluding hydrogens is 136 g/mol. The van der Waals surface area contributed by atoms with E-state index in [1.165, 1.54) is 19.5 Å². The first-order chi connectivity index (χ1) is 5.18. The Morgan fingerprint density at radius 2 is 1.91 bits per heavy atom. The van der Waals surface area contributed by atoms with Crippen molar-refractivity contribution in [3.8, 4) is 0 Å². The monoisotopic (exact) mass is 154 g/mol. The fourth-order valence-electron chi connectivity index (χ4n) is 2.53. The molecule has 1 unspecified atom stereocenters. The van der Waals surface area contributed by atoms with Gasteiger partial charge in [-0.05, 0) is 27.3 Å². The van der Waals surface area contributed by atoms with Crippen molar-refractivity contribution in [3.63, 3.8) is 0 Å². The maximum absolute atomic E-state index is 2.64. The van der Waals surface area contributed by atoms with Gasteiger partial charge in [0.05, 0.1) is 0 Å². The predicted molar refractivity (Wildman–Crippen MR) is 46.7 cm³/mol. The summed E-state index contributed by atoms with van der Waals surface area (Å²) in [7, 11) is 2.25. The number of piperazine rings is 1. The molecule has 0 radical (unpaired) electrons. The summed E-state index contributed by atoms with van der Waals surface area (Å²) < 4.78 is 0. The van der Waals surface area contributed by atoms with Gasteiger partial charge in [-0.3, -0.25) is 4.90 Å². The molecule has 2 saturated heterocycles. The van der Waals surface area contributed by atoms with E-state index >= 15 is 0 Å². The summed E-state index contributed by atoms with van der Waals surface area (Å²) in [4.78, 5) is 5.15. The van der Waals surface area contributed by atoms with Crippen LogP contribution in [0.5, 0.6) is 0 Å². The van der Waals surface area contributed by atoms with Crippen molar-refractivity contribution >= 4 is 0 Å². The standard InChI is InChI=1S/C9H18N2/c1-7(2)11-6-8-4-9(11)5-10(8)3/h7-9H,4-6H2,1-3H3/t8-,9?/m1/s1. The third-order valence-electron chi connectivity index (χ3n) is 3.22. The van der Waals surface area contributed by atoms with Crippen LogP contribution < -0.4 is 0 Å². The van der Waals surface area contributed by atoms with E-state index in [1.54, 1.807) is 0 Å². The minimum Gasteiger partial charge on any atom is -0.301 e. The van der Waals surface area contributed by atoms with Crippen LogP contribution in [0.25, 0.3) is 0 Å². The fraction of sp³-hybridized carbons (Fsp3) is 1.00. The summed E-state index contributed by atoms with van der Waals surface area (Å²) >= 11 is 0. The van der Waals surface area contributed by atoms with Crippen LogP contribution in [0.3, 0.4) is 0 Å². The number of hydrogen-bond acceptors (Lipinski definition) is 2. The molecule has 2 rings (SSSR count). The zero-order chi connectivity index (χ0) is 8.01. The zero-order valence-corrected chi connectivity index (χ0v) is 7.75. The number of likely N-dealkylation sites (tertiary alicyclic amines) is 2. The van der Waals surface area contributed by atoms with E-state index in [0.717, 1.165) is 18.1 Å². The summed E-state index contributed by atoms with van der Waals surface area (Å²) in [6, 6.07) is 2.48. The number of fused-ring (bicyclic) bond motifs is 2. The Labute approximate surface area is 69.2 Å². The maximum atomic E-state index is 2.64. The molecule has 0 spiro atoms. The molecule has 2 bridgehead atoms. The molecule has 2 nitrogen and oxygen atoms in total. The lowest BCUT2D eigenvalue weighted by Gasteiger charge is -2.34. The second-order valence-corrected chi connectivity index (χ2v) is 4.27. The molecule has 0 saturated carbocycles. The van der Waals surface area contributed by atoms with Crippen LogP contribution in [0.15, 0.2) is 0 Å². The first-order valence-electron chi connectivity index (χ1n) is 4.64. The van der Waals surface area contributed by atoms with Gasteiger partial charge in [-0.2, -0.15) is 0 Å². The molecule has 2 heteroatoms. The zero-order valence-electron chi connectivity index (χ0n) is 7.75. The molecule has 2 aliphatic rings. The van der Waals surface area contributed by atoms with Crippen LogP contribution in [-0.4, -0.2) is 48.1 Å². The van der Waals surface area contributed by atoms with E-state index in [4.69, 9.17) is 0 Å². The summed E-state index contributed by atoms with van der Waals surface area (Å²) in [6.45, 7) is 7.21. The van der Waals surface area contributed by atoms with Crippen molar-refractivity contribution in [2.24, 2.45) is 0 Å². The van der Waals surface area contributed by atoms with E-state index in [0.29, 0.717) is 0 Å². The molecule has 0 aromatic heterocycles. The molecular formula is C9H18N2. The number of likely N-dealkylation sites (N-methyl/N-ethyl adjacent to an activating group) is 1. The van der Waals surface area contributed by atoms with Gasteiger partial charge in [-0.1, -0.05) is 0 Å². The average molecular weight is 154 g/mol. The van der Waals surface area contributed by atoms with Gasteiger partial charge in [0, 0.05) is 31.2 Å². The predicted octanol–water partition coefficient (Wildman–Crippen LogP) is 0.783. The third-order valence-corrected chi connectivity index (χ3v) is 3.22. The first kappa shape index (κ1) is 7.56. The van der Waals surface area contributed by atoms with E-state index in [2.05, 4.69) is 30.7 Å². The minimum absolute atomic E-state index is 0.749. The average Bonchev–Trinajstić information content (AvgIpc) is 2.43. The summed E-state index contributed by atoms with van der Waals surface area (Å²) in [6.07, 6.45) is 1.41. The van der Waals surface area contributed by atoms with Crippen molar-refractivity contribution in [1.29, 1.82) is 0 Å². The second kappa shape index (κ2) is 2.46. The molecule has 0 N–H and O–H groups in total. The highest BCUT2D eigenvalue weighted by atomic mass is 15.3. The van der Waals surface area contributed by atoms with Crippen LogP contribution in [0.2, 0.25) is 0 Å². The Morgan fingerprint density at radius 3 is 2.27 bits per heavy atom. The largest absolute Gasteiger partial charge is 0.301 e. The lowest BCUT2D eigenvalue weighted by Crippen LogP contribution is -2.47. The highest BCUT2D eigenvalue weighted by Gasteiger charge is 2.41. The van der Waals surface area contributed by atoms with Gasteiger partial charge in [0.1, 0.15) is 0 Å². The molecule has 2 aliphatic heterocycles. The van der Waals surface area contributed by atoms with Crippen molar-refractivity contribution in [2.75, 3.05) is 20.1 Å². The molecule has 0 aliphatic carbocycles. The Hall–Kier alpha value is -0.0800. The molecule has 0 aromatic rings. The summed E-state index contributed by atoms with van der Waals surface area (Å²) in [5, 5.41) is 0. The SMILES string of the molecule is CC(C)N1C[C@H]2CC1CN2C. The van der Waals surface area contributed by atoms with Gasteiger partial charge >= 0.3 is 0 Å². The Balaban J connectivity index is 2.02. The Morgan fingerprint density at radius 1 is 1.18 bits per heavy atom. The molecule has 64 valence electrons. The molecule has 0 amide bonds. The first-order valence-corrected chi connectivity index (χ1v) is 4.64. The summed E-state index contributed by atoms with van der Waals surface area (Å²) in [5.41, 5.74) is 0. The van der Waals surface area contributed by atoms with Crippen molar-refractivity contribution < 1.29 is 0 Å². The Kier molecular flexibility index (Phi) is 1.69. The minimum atomic E-state index is 0.749. The summed E-state index contributed by atoms with van der Waals surface area (Å²) in [5.74, 6) is 0. The molecule has 2 fully saturated rings. The molecule has 2 heterocycles. The molecule has 0 aromatic carbocycles. The van der Waals surface area contributed by atoms with Crippen LogP contribution in [0, 0.1) is 0 Å². The van der Waals surface area contributed by atoms with E-state index in [-0.39, 0.29) is 0 Å². The van der Waals surface area contributed by atoms with Crippen LogP contribution in [0.1, 0.15) is 20.3 Å². The van der Waals surface area contributed by atoms with Crippen molar-refractivity contribution in [3.05, 3.63) is 0 Å². The van der Waals surface area contributed by atoms with Crippen molar-refractivity contribution in [2.45, 2.75) is 38.4 Å². The van der Waals surface area contributed by atoms with Gasteiger partial charge in [-0.25, -0.2) is 0 Å². The highest BCUT2D eigenvalue weighted by molar-refractivity contribution is 4.99. The van der Waals surface area contributed by atoms with Gasteiger partial charge in [0.15, 0.2) is 0 Å². The third kappa shape index (κ3) is 1.09. The van der Waals surface area contributed by atoms with Gasteiger partial charge in [0.25, 0.3) is 0 Å². The maximum Gasteiger partial charge on any atom is 0.0241 e. The molecule has 2 atom stereocenters. The van der Waals surface area contributed by atoms with Crippen LogP contribution >= 0.6 is 0 Å². The highest BCUT2D eigenvalue weighted by Crippen LogP contribution is 2.30. The van der Waals surface area contributed by atoms with Crippen LogP contribution in [0.4, 0.5) is 0 Å². The van der Waals surface area contributed by atoms with Gasteiger partial charge in [-0.15, -0.1) is 0 Å². The number of rotatable bonds is 1. The van der Waals surface area contributed by atoms with E-state index < -0.39 is 0 Å². The van der Waals surface area contributed by atoms with Crippen LogP contribution in [-0.2, 0) is 0 Å². The lowest BCUT2D eigenvalue weighted by molar-refractivity contribution is 0.121. The number of nitrogens with zero attached hydrogens (tertiary/aromatic N) is 2. The normalized spacial score (nSPS) is 39.3. The number of hydrogen-bond donors (Lipinski definition) is 0. The molecule has 11 heavy (non-hydrogen) atoms. The Bertz CT molecular complexity index is 154. The van der Waals surface area contributed by atoms with E-state index in [1.807, 2.05) is 0 Å². The topological polar surface area (TPSA) is 6.48 Å². The smallest absolute Gasteiger partial charge is 0.0241 e. The van der Waals surface area contributed by atoms with Crippen molar-refractivity contribution in [1.82, 2.24) is 9.80 Å². The van der Waals surface area contributed by atoms with Gasteiger partial charge in [0.2, 0.25) is 0 Å². The fourth-order valence-corrected chi connectivity index (χ4v) is 2.53. The lowest BCUT2D eigenvalue weighted by atomic mass is 10.2.